The number of likely N-dealkylation sites (N-methyl/N-ethyl adjacent to an activating group) is 1. The minimum Gasteiger partial charge on any atom is -0.382 e. The number of nitrogens with zero attached hydrogens (tertiary/aromatic N) is 1. The summed E-state index contributed by atoms with van der Waals surface area (Å²) in [5, 5.41) is 5.65. The van der Waals surface area contributed by atoms with E-state index in [1.165, 1.54) is 5.39 Å². The lowest BCUT2D eigenvalue weighted by molar-refractivity contribution is 0.0598. The van der Waals surface area contributed by atoms with E-state index in [2.05, 4.69) is 22.4 Å². The number of hydrogen-bond acceptors (Lipinski definition) is 4. The Balaban J connectivity index is 2.16. The number of aromatic nitrogens is 1. The summed E-state index contributed by atoms with van der Waals surface area (Å²) in [6.45, 7) is 1.83. The van der Waals surface area contributed by atoms with Crippen molar-refractivity contribution >= 4 is 10.8 Å². The predicted molar refractivity (Wildman–Crippen MR) is 76.2 cm³/mol. The van der Waals surface area contributed by atoms with Crippen LogP contribution in [0.25, 0.3) is 10.8 Å². The number of pyridine rings is 1. The molecule has 1 aromatic carbocycles. The third-order valence-electron chi connectivity index (χ3n) is 3.14. The Labute approximate surface area is 113 Å². The molecule has 0 amide bonds. The summed E-state index contributed by atoms with van der Waals surface area (Å²) in [5.41, 5.74) is 1.16. The maximum atomic E-state index is 5.62. The number of benzene rings is 1. The van der Waals surface area contributed by atoms with Gasteiger partial charge in [-0.1, -0.05) is 24.3 Å². The van der Waals surface area contributed by atoms with Gasteiger partial charge in [0, 0.05) is 24.9 Å². The van der Waals surface area contributed by atoms with Gasteiger partial charge < -0.3 is 14.8 Å². The van der Waals surface area contributed by atoms with E-state index in [0.29, 0.717) is 19.8 Å². The average Bonchev–Trinajstić information content (AvgIpc) is 2.47. The van der Waals surface area contributed by atoms with Crippen molar-refractivity contribution in [1.29, 1.82) is 0 Å². The standard InChI is InChI=1S/C15H20N2O2/c1-16-15(11-19-8-7-18-2)14-10-17-9-12-5-3-4-6-13(12)14/h3-6,9-10,15-16H,7-8,11H2,1-2H3. The first-order valence-electron chi connectivity index (χ1n) is 6.43. The van der Waals surface area contributed by atoms with Gasteiger partial charge in [0.2, 0.25) is 0 Å². The van der Waals surface area contributed by atoms with Crippen LogP contribution in [0, 0.1) is 0 Å². The molecular formula is C15H20N2O2. The first-order chi connectivity index (χ1) is 9.36. The summed E-state index contributed by atoms with van der Waals surface area (Å²) in [5.74, 6) is 0. The zero-order valence-corrected chi connectivity index (χ0v) is 11.4. The Bertz CT molecular complexity index is 511. The Kier molecular flexibility index (Phi) is 5.27. The van der Waals surface area contributed by atoms with Crippen LogP contribution in [0.2, 0.25) is 0 Å². The lowest BCUT2D eigenvalue weighted by Gasteiger charge is -2.18. The van der Waals surface area contributed by atoms with Crippen molar-refractivity contribution < 1.29 is 9.47 Å². The van der Waals surface area contributed by atoms with Crippen LogP contribution in [0.4, 0.5) is 0 Å². The highest BCUT2D eigenvalue weighted by Gasteiger charge is 2.12. The van der Waals surface area contributed by atoms with Crippen molar-refractivity contribution in [3.8, 4) is 0 Å². The van der Waals surface area contributed by atoms with Crippen molar-refractivity contribution in [2.24, 2.45) is 0 Å². The van der Waals surface area contributed by atoms with Gasteiger partial charge in [0.1, 0.15) is 0 Å². The van der Waals surface area contributed by atoms with Gasteiger partial charge in [-0.2, -0.15) is 0 Å². The molecule has 0 aliphatic carbocycles. The highest BCUT2D eigenvalue weighted by molar-refractivity contribution is 5.85. The van der Waals surface area contributed by atoms with E-state index in [4.69, 9.17) is 9.47 Å². The van der Waals surface area contributed by atoms with Crippen LogP contribution in [-0.4, -0.2) is 39.0 Å². The summed E-state index contributed by atoms with van der Waals surface area (Å²) in [6, 6.07) is 8.40. The molecular weight excluding hydrogens is 240 g/mol. The van der Waals surface area contributed by atoms with E-state index in [9.17, 15) is 0 Å². The molecule has 0 spiro atoms. The first-order valence-corrected chi connectivity index (χ1v) is 6.43. The summed E-state index contributed by atoms with van der Waals surface area (Å²) in [7, 11) is 3.61. The topological polar surface area (TPSA) is 43.4 Å². The van der Waals surface area contributed by atoms with Gasteiger partial charge in [0.05, 0.1) is 25.9 Å². The zero-order valence-electron chi connectivity index (χ0n) is 11.4. The zero-order chi connectivity index (χ0) is 13.5. The van der Waals surface area contributed by atoms with Crippen LogP contribution in [0.15, 0.2) is 36.7 Å². The van der Waals surface area contributed by atoms with Crippen LogP contribution in [0.5, 0.6) is 0 Å². The third kappa shape index (κ3) is 3.50. The lowest BCUT2D eigenvalue weighted by atomic mass is 10.0. The molecule has 1 heterocycles. The Morgan fingerprint density at radius 2 is 2.05 bits per heavy atom. The van der Waals surface area contributed by atoms with Gasteiger partial charge in [0.15, 0.2) is 0 Å². The molecule has 1 atom stereocenters. The monoisotopic (exact) mass is 260 g/mol. The molecule has 0 aliphatic heterocycles. The molecule has 0 saturated heterocycles. The number of fused-ring (bicyclic) bond motifs is 1. The molecule has 1 unspecified atom stereocenters. The Morgan fingerprint density at radius 3 is 2.84 bits per heavy atom. The maximum absolute atomic E-state index is 5.62. The molecule has 19 heavy (non-hydrogen) atoms. The number of nitrogens with one attached hydrogen (secondary N) is 1. The largest absolute Gasteiger partial charge is 0.382 e. The van der Waals surface area contributed by atoms with Crippen molar-refractivity contribution in [3.63, 3.8) is 0 Å². The van der Waals surface area contributed by atoms with Gasteiger partial charge in [-0.05, 0) is 18.0 Å². The van der Waals surface area contributed by atoms with Crippen LogP contribution in [0.3, 0.4) is 0 Å². The normalized spacial score (nSPS) is 12.7. The molecule has 102 valence electrons. The van der Waals surface area contributed by atoms with Crippen LogP contribution < -0.4 is 5.32 Å². The second-order valence-electron chi connectivity index (χ2n) is 4.36. The van der Waals surface area contributed by atoms with Gasteiger partial charge in [0.25, 0.3) is 0 Å². The molecule has 0 aliphatic rings. The number of ether oxygens (including phenoxy) is 2. The fraction of sp³-hybridized carbons (Fsp3) is 0.400. The highest BCUT2D eigenvalue weighted by atomic mass is 16.5. The fourth-order valence-corrected chi connectivity index (χ4v) is 2.09. The van der Waals surface area contributed by atoms with Crippen LogP contribution in [0.1, 0.15) is 11.6 Å². The Hall–Kier alpha value is -1.49. The summed E-state index contributed by atoms with van der Waals surface area (Å²) in [4.78, 5) is 4.31. The summed E-state index contributed by atoms with van der Waals surface area (Å²) >= 11 is 0. The SMILES string of the molecule is CNC(COCCOC)c1cncc2ccccc12. The molecule has 2 aromatic rings. The molecule has 4 nitrogen and oxygen atoms in total. The van der Waals surface area contributed by atoms with Crippen molar-refractivity contribution in [2.45, 2.75) is 6.04 Å². The summed E-state index contributed by atoms with van der Waals surface area (Å²) in [6.07, 6.45) is 3.79. The average molecular weight is 260 g/mol. The van der Waals surface area contributed by atoms with E-state index < -0.39 is 0 Å². The molecule has 0 fully saturated rings. The predicted octanol–water partition coefficient (Wildman–Crippen LogP) is 2.16. The van der Waals surface area contributed by atoms with Gasteiger partial charge in [-0.3, -0.25) is 4.98 Å². The second kappa shape index (κ2) is 7.19. The van der Waals surface area contributed by atoms with Crippen molar-refractivity contribution in [2.75, 3.05) is 34.0 Å². The van der Waals surface area contributed by atoms with Gasteiger partial charge in [-0.25, -0.2) is 0 Å². The molecule has 2 rings (SSSR count). The lowest BCUT2D eigenvalue weighted by Crippen LogP contribution is -2.23. The second-order valence-corrected chi connectivity index (χ2v) is 4.36. The molecule has 0 bridgehead atoms. The molecule has 1 N–H and O–H groups in total. The van der Waals surface area contributed by atoms with Crippen LogP contribution >= 0.6 is 0 Å². The first kappa shape index (κ1) is 13.9. The number of methoxy groups -OCH3 is 1. The number of hydrogen-bond donors (Lipinski definition) is 1. The maximum Gasteiger partial charge on any atom is 0.0701 e. The van der Waals surface area contributed by atoms with E-state index in [1.54, 1.807) is 7.11 Å². The number of rotatable bonds is 7. The van der Waals surface area contributed by atoms with Gasteiger partial charge in [-0.15, -0.1) is 0 Å². The van der Waals surface area contributed by atoms with E-state index in [1.807, 2.05) is 31.6 Å². The van der Waals surface area contributed by atoms with E-state index in [-0.39, 0.29) is 6.04 Å². The van der Waals surface area contributed by atoms with E-state index in [0.717, 1.165) is 10.9 Å². The highest BCUT2D eigenvalue weighted by Crippen LogP contribution is 2.23. The van der Waals surface area contributed by atoms with Crippen molar-refractivity contribution in [1.82, 2.24) is 10.3 Å². The minimum atomic E-state index is 0.135. The van der Waals surface area contributed by atoms with Gasteiger partial charge >= 0.3 is 0 Å². The molecule has 4 heteroatoms. The molecule has 0 saturated carbocycles. The van der Waals surface area contributed by atoms with E-state index >= 15 is 0 Å². The minimum absolute atomic E-state index is 0.135. The summed E-state index contributed by atoms with van der Waals surface area (Å²) < 4.78 is 10.6. The third-order valence-corrected chi connectivity index (χ3v) is 3.14. The Morgan fingerprint density at radius 1 is 1.21 bits per heavy atom. The fourth-order valence-electron chi connectivity index (χ4n) is 2.09. The quantitative estimate of drug-likeness (QED) is 0.775. The smallest absolute Gasteiger partial charge is 0.0701 e. The molecule has 1 aromatic heterocycles. The van der Waals surface area contributed by atoms with Crippen molar-refractivity contribution in [3.05, 3.63) is 42.2 Å². The van der Waals surface area contributed by atoms with Crippen LogP contribution in [-0.2, 0) is 9.47 Å². The molecule has 0 radical (unpaired) electrons.